The molecule has 21 heavy (non-hydrogen) atoms. The Balaban J connectivity index is 2.41. The van der Waals surface area contributed by atoms with Gasteiger partial charge in [-0.15, -0.1) is 0 Å². The van der Waals surface area contributed by atoms with E-state index in [2.05, 4.69) is 18.8 Å². The molecule has 0 fully saturated rings. The van der Waals surface area contributed by atoms with Crippen LogP contribution in [0.1, 0.15) is 42.1 Å². The SMILES string of the molecule is CCC(C)c1ccccc1Oc1ncc(F)cc1C(=O)O. The number of ether oxygens (including phenoxy) is 1. The number of rotatable bonds is 5. The Morgan fingerprint density at radius 1 is 1.43 bits per heavy atom. The minimum Gasteiger partial charge on any atom is -0.477 e. The molecule has 5 heteroatoms. The van der Waals surface area contributed by atoms with Gasteiger partial charge in [-0.25, -0.2) is 14.2 Å². The molecule has 0 bridgehead atoms. The topological polar surface area (TPSA) is 59.4 Å². The van der Waals surface area contributed by atoms with Crippen LogP contribution in [0.25, 0.3) is 0 Å². The zero-order valence-electron chi connectivity index (χ0n) is 11.8. The molecule has 1 aromatic heterocycles. The Morgan fingerprint density at radius 2 is 2.14 bits per heavy atom. The first kappa shape index (κ1) is 15.0. The molecule has 0 radical (unpaired) electrons. The molecule has 1 aromatic carbocycles. The summed E-state index contributed by atoms with van der Waals surface area (Å²) < 4.78 is 18.7. The predicted octanol–water partition coefficient (Wildman–Crippen LogP) is 4.22. The number of aromatic nitrogens is 1. The van der Waals surface area contributed by atoms with Gasteiger partial charge in [0.25, 0.3) is 0 Å². The lowest BCUT2D eigenvalue weighted by atomic mass is 9.98. The third kappa shape index (κ3) is 3.37. The average molecular weight is 289 g/mol. The molecule has 110 valence electrons. The Kier molecular flexibility index (Phi) is 4.52. The summed E-state index contributed by atoms with van der Waals surface area (Å²) in [7, 11) is 0. The summed E-state index contributed by atoms with van der Waals surface area (Å²) >= 11 is 0. The van der Waals surface area contributed by atoms with Gasteiger partial charge >= 0.3 is 5.97 Å². The molecule has 0 saturated carbocycles. The first-order chi connectivity index (χ1) is 10.0. The molecule has 1 atom stereocenters. The fourth-order valence-electron chi connectivity index (χ4n) is 1.97. The van der Waals surface area contributed by atoms with Crippen LogP contribution in [0.4, 0.5) is 4.39 Å². The van der Waals surface area contributed by atoms with Crippen molar-refractivity contribution < 1.29 is 19.0 Å². The van der Waals surface area contributed by atoms with E-state index in [0.29, 0.717) is 5.75 Å². The largest absolute Gasteiger partial charge is 0.477 e. The highest BCUT2D eigenvalue weighted by atomic mass is 19.1. The van der Waals surface area contributed by atoms with E-state index in [1.807, 2.05) is 12.1 Å². The number of aromatic carboxylic acids is 1. The molecule has 1 N–H and O–H groups in total. The number of carboxylic acid groups (broad SMARTS) is 1. The maximum Gasteiger partial charge on any atom is 0.341 e. The van der Waals surface area contributed by atoms with E-state index in [4.69, 9.17) is 9.84 Å². The molecule has 1 unspecified atom stereocenters. The molecule has 1 heterocycles. The van der Waals surface area contributed by atoms with Crippen molar-refractivity contribution in [1.29, 1.82) is 0 Å². The summed E-state index contributed by atoms with van der Waals surface area (Å²) in [6, 6.07) is 8.26. The standard InChI is InChI=1S/C16H16FNO3/c1-3-10(2)12-6-4-5-7-14(12)21-15-13(16(19)20)8-11(17)9-18-15/h4-10H,3H2,1-2H3,(H,19,20). The Bertz CT molecular complexity index is 658. The van der Waals surface area contributed by atoms with Gasteiger partial charge < -0.3 is 9.84 Å². The van der Waals surface area contributed by atoms with Gasteiger partial charge in [0, 0.05) is 0 Å². The van der Waals surface area contributed by atoms with Crippen molar-refractivity contribution in [2.24, 2.45) is 0 Å². The van der Waals surface area contributed by atoms with Crippen molar-refractivity contribution >= 4 is 5.97 Å². The zero-order chi connectivity index (χ0) is 15.4. The van der Waals surface area contributed by atoms with Gasteiger partial charge in [-0.1, -0.05) is 32.0 Å². The van der Waals surface area contributed by atoms with Gasteiger partial charge in [0.1, 0.15) is 17.1 Å². The van der Waals surface area contributed by atoms with E-state index in [0.717, 1.165) is 24.2 Å². The molecule has 2 rings (SSSR count). The molecule has 0 saturated heterocycles. The van der Waals surface area contributed by atoms with Gasteiger partial charge in [-0.3, -0.25) is 0 Å². The average Bonchev–Trinajstić information content (AvgIpc) is 2.48. The first-order valence-electron chi connectivity index (χ1n) is 6.68. The normalized spacial score (nSPS) is 12.0. The summed E-state index contributed by atoms with van der Waals surface area (Å²) in [6.45, 7) is 4.11. The highest BCUT2D eigenvalue weighted by Crippen LogP contribution is 2.32. The highest BCUT2D eigenvalue weighted by Gasteiger charge is 2.17. The van der Waals surface area contributed by atoms with E-state index < -0.39 is 11.8 Å². The van der Waals surface area contributed by atoms with Crippen LogP contribution in [-0.2, 0) is 0 Å². The number of hydrogen-bond donors (Lipinski definition) is 1. The third-order valence-corrected chi connectivity index (χ3v) is 3.32. The number of carbonyl (C=O) groups is 1. The first-order valence-corrected chi connectivity index (χ1v) is 6.68. The molecule has 4 nitrogen and oxygen atoms in total. The number of hydrogen-bond acceptors (Lipinski definition) is 3. The lowest BCUT2D eigenvalue weighted by Crippen LogP contribution is -2.04. The van der Waals surface area contributed by atoms with Crippen molar-refractivity contribution in [1.82, 2.24) is 4.98 Å². The van der Waals surface area contributed by atoms with Gasteiger partial charge in [0.2, 0.25) is 5.88 Å². The summed E-state index contributed by atoms with van der Waals surface area (Å²) in [5.41, 5.74) is 0.663. The Labute approximate surface area is 122 Å². The minimum absolute atomic E-state index is 0.111. The summed E-state index contributed by atoms with van der Waals surface area (Å²) in [5, 5.41) is 9.11. The van der Waals surface area contributed by atoms with Crippen LogP contribution in [0, 0.1) is 5.82 Å². The highest BCUT2D eigenvalue weighted by molar-refractivity contribution is 5.90. The number of carboxylic acids is 1. The van der Waals surface area contributed by atoms with E-state index in [1.54, 1.807) is 12.1 Å². The maximum absolute atomic E-state index is 13.1. The van der Waals surface area contributed by atoms with Crippen LogP contribution < -0.4 is 4.74 Å². The van der Waals surface area contributed by atoms with Crippen LogP contribution in [0.15, 0.2) is 36.5 Å². The lowest BCUT2D eigenvalue weighted by Gasteiger charge is -2.15. The molecular formula is C16H16FNO3. The number of para-hydroxylation sites is 1. The van der Waals surface area contributed by atoms with Gasteiger partial charge in [-0.05, 0) is 30.0 Å². The van der Waals surface area contributed by atoms with Gasteiger partial charge in [0.05, 0.1) is 6.20 Å². The number of benzene rings is 1. The second-order valence-electron chi connectivity index (χ2n) is 4.76. The molecule has 2 aromatic rings. The fourth-order valence-corrected chi connectivity index (χ4v) is 1.97. The Hall–Kier alpha value is -2.43. The molecular weight excluding hydrogens is 273 g/mol. The number of nitrogens with zero attached hydrogens (tertiary/aromatic N) is 1. The van der Waals surface area contributed by atoms with E-state index in [1.165, 1.54) is 0 Å². The maximum atomic E-state index is 13.1. The van der Waals surface area contributed by atoms with Crippen LogP contribution in [0.3, 0.4) is 0 Å². The smallest absolute Gasteiger partial charge is 0.341 e. The predicted molar refractivity (Wildman–Crippen MR) is 76.4 cm³/mol. The van der Waals surface area contributed by atoms with Crippen LogP contribution in [-0.4, -0.2) is 16.1 Å². The molecule has 0 spiro atoms. The quantitative estimate of drug-likeness (QED) is 0.895. The minimum atomic E-state index is -1.28. The molecule has 0 aliphatic heterocycles. The fraction of sp³-hybridized carbons (Fsp3) is 0.250. The monoisotopic (exact) mass is 289 g/mol. The van der Waals surface area contributed by atoms with Crippen molar-refractivity contribution in [3.05, 3.63) is 53.5 Å². The second-order valence-corrected chi connectivity index (χ2v) is 4.76. The molecule has 0 aliphatic carbocycles. The Morgan fingerprint density at radius 3 is 2.81 bits per heavy atom. The molecule has 0 aliphatic rings. The molecule has 0 amide bonds. The van der Waals surface area contributed by atoms with Crippen molar-refractivity contribution in [3.63, 3.8) is 0 Å². The van der Waals surface area contributed by atoms with Crippen molar-refractivity contribution in [2.75, 3.05) is 0 Å². The van der Waals surface area contributed by atoms with Crippen LogP contribution in [0.5, 0.6) is 11.6 Å². The van der Waals surface area contributed by atoms with E-state index in [-0.39, 0.29) is 17.4 Å². The summed E-state index contributed by atoms with van der Waals surface area (Å²) in [6.07, 6.45) is 1.86. The summed E-state index contributed by atoms with van der Waals surface area (Å²) in [4.78, 5) is 14.9. The second kappa shape index (κ2) is 6.35. The van der Waals surface area contributed by atoms with Crippen LogP contribution in [0.2, 0.25) is 0 Å². The number of pyridine rings is 1. The van der Waals surface area contributed by atoms with E-state index in [9.17, 15) is 9.18 Å². The third-order valence-electron chi connectivity index (χ3n) is 3.32. The van der Waals surface area contributed by atoms with E-state index >= 15 is 0 Å². The number of halogens is 1. The van der Waals surface area contributed by atoms with Crippen molar-refractivity contribution in [3.8, 4) is 11.6 Å². The van der Waals surface area contributed by atoms with Crippen molar-refractivity contribution in [2.45, 2.75) is 26.2 Å². The lowest BCUT2D eigenvalue weighted by molar-refractivity contribution is 0.0692. The van der Waals surface area contributed by atoms with Gasteiger partial charge in [0.15, 0.2) is 0 Å². The summed E-state index contributed by atoms with van der Waals surface area (Å²) in [5.74, 6) is -1.31. The zero-order valence-corrected chi connectivity index (χ0v) is 11.8. The van der Waals surface area contributed by atoms with Crippen LogP contribution >= 0.6 is 0 Å². The van der Waals surface area contributed by atoms with Gasteiger partial charge in [-0.2, -0.15) is 0 Å².